The molecule has 0 unspecified atom stereocenters. The van der Waals surface area contributed by atoms with Crippen LogP contribution in [-0.2, 0) is 0 Å². The molecule has 0 saturated carbocycles. The van der Waals surface area contributed by atoms with E-state index in [-0.39, 0.29) is 0 Å². The first-order chi connectivity index (χ1) is 13.6. The molecular weight excluding hydrogens is 352 g/mol. The van der Waals surface area contributed by atoms with Crippen LogP contribution in [0.3, 0.4) is 0 Å². The van der Waals surface area contributed by atoms with Crippen LogP contribution in [0.25, 0.3) is 0 Å². The summed E-state index contributed by atoms with van der Waals surface area (Å²) in [6.45, 7) is 7.45. The molecule has 0 radical (unpaired) electrons. The average Bonchev–Trinajstić information content (AvgIpc) is 2.68. The van der Waals surface area contributed by atoms with E-state index in [0.29, 0.717) is 25.1 Å². The highest BCUT2D eigenvalue weighted by atomic mass is 16.6. The van der Waals surface area contributed by atoms with Crippen molar-refractivity contribution in [2.75, 3.05) is 23.8 Å². The fraction of sp³-hybridized carbons (Fsp3) is 0.273. The molecule has 4 rings (SSSR count). The third-order valence-corrected chi connectivity index (χ3v) is 4.50. The molecule has 1 aliphatic rings. The molecule has 1 aliphatic heterocycles. The van der Waals surface area contributed by atoms with E-state index >= 15 is 0 Å². The van der Waals surface area contributed by atoms with E-state index in [4.69, 9.17) is 9.47 Å². The summed E-state index contributed by atoms with van der Waals surface area (Å²) >= 11 is 0. The van der Waals surface area contributed by atoms with Crippen molar-refractivity contribution in [2.45, 2.75) is 26.7 Å². The summed E-state index contributed by atoms with van der Waals surface area (Å²) in [6.07, 6.45) is 0. The number of aryl methyl sites for hydroxylation is 1. The Balaban J connectivity index is 1.58. The maximum atomic E-state index is 5.65. The first-order valence-corrected chi connectivity index (χ1v) is 9.47. The van der Waals surface area contributed by atoms with Crippen LogP contribution in [-0.4, -0.2) is 23.2 Å². The van der Waals surface area contributed by atoms with Crippen molar-refractivity contribution in [3.05, 3.63) is 59.8 Å². The van der Waals surface area contributed by atoms with E-state index in [9.17, 15) is 0 Å². The number of fused-ring (bicyclic) bond motifs is 1. The Morgan fingerprint density at radius 1 is 0.893 bits per heavy atom. The van der Waals surface area contributed by atoms with E-state index < -0.39 is 0 Å². The van der Waals surface area contributed by atoms with Crippen LogP contribution in [0.4, 0.5) is 23.1 Å². The molecule has 28 heavy (non-hydrogen) atoms. The second kappa shape index (κ2) is 7.76. The highest BCUT2D eigenvalue weighted by Crippen LogP contribution is 2.33. The third kappa shape index (κ3) is 4.01. The highest BCUT2D eigenvalue weighted by Gasteiger charge is 2.13. The minimum Gasteiger partial charge on any atom is -0.486 e. The highest BCUT2D eigenvalue weighted by molar-refractivity contribution is 5.64. The van der Waals surface area contributed by atoms with Gasteiger partial charge in [-0.25, -0.2) is 4.98 Å². The second-order valence-corrected chi connectivity index (χ2v) is 7.07. The predicted octanol–water partition coefficient (Wildman–Crippen LogP) is 5.17. The average molecular weight is 376 g/mol. The molecule has 0 fully saturated rings. The molecule has 2 heterocycles. The molecule has 144 valence electrons. The first kappa shape index (κ1) is 18.1. The van der Waals surface area contributed by atoms with Gasteiger partial charge in [0.15, 0.2) is 11.5 Å². The zero-order valence-corrected chi connectivity index (χ0v) is 16.3. The van der Waals surface area contributed by atoms with Crippen molar-refractivity contribution >= 4 is 23.1 Å². The number of ether oxygens (including phenoxy) is 2. The number of aromatic nitrogens is 2. The van der Waals surface area contributed by atoms with Crippen LogP contribution in [0.15, 0.2) is 48.5 Å². The van der Waals surface area contributed by atoms with Crippen LogP contribution < -0.4 is 20.1 Å². The fourth-order valence-corrected chi connectivity index (χ4v) is 3.19. The molecule has 0 atom stereocenters. The minimum absolute atomic E-state index is 0.418. The molecule has 2 aromatic carbocycles. The maximum Gasteiger partial charge on any atom is 0.229 e. The summed E-state index contributed by atoms with van der Waals surface area (Å²) in [6, 6.07) is 16.0. The minimum atomic E-state index is 0.418. The summed E-state index contributed by atoms with van der Waals surface area (Å²) in [4.78, 5) is 9.14. The van der Waals surface area contributed by atoms with Crippen molar-refractivity contribution in [3.63, 3.8) is 0 Å². The Labute approximate surface area is 164 Å². The number of rotatable bonds is 5. The Morgan fingerprint density at radius 2 is 1.68 bits per heavy atom. The normalized spacial score (nSPS) is 12.7. The zero-order chi connectivity index (χ0) is 19.5. The molecule has 1 aromatic heterocycles. The van der Waals surface area contributed by atoms with E-state index in [2.05, 4.69) is 52.6 Å². The lowest BCUT2D eigenvalue weighted by Crippen LogP contribution is -2.15. The van der Waals surface area contributed by atoms with E-state index in [1.165, 1.54) is 5.56 Å². The van der Waals surface area contributed by atoms with Crippen LogP contribution >= 0.6 is 0 Å². The molecule has 6 heteroatoms. The summed E-state index contributed by atoms with van der Waals surface area (Å²) in [5.41, 5.74) is 4.03. The summed E-state index contributed by atoms with van der Waals surface area (Å²) < 4.78 is 11.2. The third-order valence-electron chi connectivity index (χ3n) is 4.50. The largest absolute Gasteiger partial charge is 0.486 e. The molecule has 2 N–H and O–H groups in total. The SMILES string of the molecule is Cc1cc(Nc2ccccc2C(C)C)nc(Nc2ccc3c(c2)OCCO3)n1. The molecule has 0 saturated heterocycles. The van der Waals surface area contributed by atoms with Gasteiger partial charge in [0.25, 0.3) is 0 Å². The monoisotopic (exact) mass is 376 g/mol. The van der Waals surface area contributed by atoms with Crippen LogP contribution in [0.2, 0.25) is 0 Å². The second-order valence-electron chi connectivity index (χ2n) is 7.07. The van der Waals surface area contributed by atoms with E-state index in [1.807, 2.05) is 37.3 Å². The summed E-state index contributed by atoms with van der Waals surface area (Å²) in [7, 11) is 0. The maximum absolute atomic E-state index is 5.65. The van der Waals surface area contributed by atoms with E-state index in [1.54, 1.807) is 0 Å². The number of anilines is 4. The molecule has 0 spiro atoms. The van der Waals surface area contributed by atoms with Gasteiger partial charge in [-0.3, -0.25) is 0 Å². The zero-order valence-electron chi connectivity index (χ0n) is 16.3. The molecule has 0 amide bonds. The standard InChI is InChI=1S/C22H24N4O2/c1-14(2)17-6-4-5-7-18(17)25-21-12-15(3)23-22(26-21)24-16-8-9-19-20(13-16)28-11-10-27-19/h4-9,12-14H,10-11H2,1-3H3,(H2,23,24,25,26). The van der Waals surface area contributed by atoms with Gasteiger partial charge in [0.2, 0.25) is 5.95 Å². The van der Waals surface area contributed by atoms with Gasteiger partial charge in [-0.05, 0) is 36.6 Å². The van der Waals surface area contributed by atoms with Crippen LogP contribution in [0, 0.1) is 6.92 Å². The number of hydrogen-bond donors (Lipinski definition) is 2. The smallest absolute Gasteiger partial charge is 0.229 e. The molecule has 0 aliphatic carbocycles. The number of benzene rings is 2. The predicted molar refractivity (Wildman–Crippen MR) is 111 cm³/mol. The van der Waals surface area contributed by atoms with Crippen molar-refractivity contribution in [1.82, 2.24) is 9.97 Å². The van der Waals surface area contributed by atoms with Gasteiger partial charge in [0.05, 0.1) is 0 Å². The lowest BCUT2D eigenvalue weighted by molar-refractivity contribution is 0.171. The number of para-hydroxylation sites is 1. The lowest BCUT2D eigenvalue weighted by Gasteiger charge is -2.19. The van der Waals surface area contributed by atoms with Gasteiger partial charge in [-0.1, -0.05) is 32.0 Å². The summed E-state index contributed by atoms with van der Waals surface area (Å²) in [5, 5.41) is 6.70. The Kier molecular flexibility index (Phi) is 5.02. The Hall–Kier alpha value is -3.28. The number of nitrogens with one attached hydrogen (secondary N) is 2. The van der Waals surface area contributed by atoms with Crippen LogP contribution in [0.1, 0.15) is 31.0 Å². The quantitative estimate of drug-likeness (QED) is 0.640. The topological polar surface area (TPSA) is 68.3 Å². The van der Waals surface area contributed by atoms with Crippen molar-refractivity contribution in [2.24, 2.45) is 0 Å². The lowest BCUT2D eigenvalue weighted by atomic mass is 10.0. The van der Waals surface area contributed by atoms with Gasteiger partial charge in [0.1, 0.15) is 19.0 Å². The molecule has 3 aromatic rings. The van der Waals surface area contributed by atoms with Gasteiger partial charge in [-0.15, -0.1) is 0 Å². The van der Waals surface area contributed by atoms with Gasteiger partial charge < -0.3 is 20.1 Å². The molecule has 6 nitrogen and oxygen atoms in total. The fourth-order valence-electron chi connectivity index (χ4n) is 3.19. The van der Waals surface area contributed by atoms with Gasteiger partial charge in [-0.2, -0.15) is 4.98 Å². The molecular formula is C22H24N4O2. The Morgan fingerprint density at radius 3 is 2.50 bits per heavy atom. The molecule has 0 bridgehead atoms. The van der Waals surface area contributed by atoms with Gasteiger partial charge in [0, 0.05) is 29.2 Å². The summed E-state index contributed by atoms with van der Waals surface area (Å²) in [5.74, 6) is 3.19. The first-order valence-electron chi connectivity index (χ1n) is 9.47. The van der Waals surface area contributed by atoms with Gasteiger partial charge >= 0.3 is 0 Å². The van der Waals surface area contributed by atoms with E-state index in [0.717, 1.165) is 34.4 Å². The number of nitrogens with zero attached hydrogens (tertiary/aromatic N) is 2. The van der Waals surface area contributed by atoms with Crippen molar-refractivity contribution in [1.29, 1.82) is 0 Å². The Bertz CT molecular complexity index is 988. The van der Waals surface area contributed by atoms with Crippen LogP contribution in [0.5, 0.6) is 11.5 Å². The van der Waals surface area contributed by atoms with Crippen molar-refractivity contribution < 1.29 is 9.47 Å². The van der Waals surface area contributed by atoms with Crippen molar-refractivity contribution in [3.8, 4) is 11.5 Å². The number of hydrogen-bond acceptors (Lipinski definition) is 6.